The van der Waals surface area contributed by atoms with Crippen molar-refractivity contribution in [3.05, 3.63) is 71.1 Å². The van der Waals surface area contributed by atoms with E-state index in [9.17, 15) is 22.6 Å². The fourth-order valence-corrected chi connectivity index (χ4v) is 13.0. The van der Waals surface area contributed by atoms with Crippen LogP contribution in [0.4, 0.5) is 0 Å². The van der Waals surface area contributed by atoms with E-state index < -0.39 is 22.1 Å². The Labute approximate surface area is 312 Å². The molecule has 3 rings (SSSR count). The molecule has 0 bridgehead atoms. The summed E-state index contributed by atoms with van der Waals surface area (Å²) in [6.07, 6.45) is 0. The van der Waals surface area contributed by atoms with E-state index in [0.29, 0.717) is 21.8 Å². The summed E-state index contributed by atoms with van der Waals surface area (Å²) in [6.45, 7) is 0. The van der Waals surface area contributed by atoms with Gasteiger partial charge in [-0.3, -0.25) is 4.55 Å². The van der Waals surface area contributed by atoms with E-state index >= 15 is 0 Å². The molecule has 17 heteroatoms. The predicted octanol–water partition coefficient (Wildman–Crippen LogP) is 9.44. The maximum Gasteiger partial charge on any atom is 0.345 e. The van der Waals surface area contributed by atoms with E-state index in [1.165, 1.54) is 12.1 Å². The van der Waals surface area contributed by atoms with Crippen LogP contribution in [-0.4, -0.2) is 24.9 Å². The predicted molar refractivity (Wildman–Crippen MR) is 193 cm³/mol. The van der Waals surface area contributed by atoms with E-state index in [2.05, 4.69) is 131 Å². The van der Waals surface area contributed by atoms with Crippen molar-refractivity contribution in [2.75, 3.05) is 0 Å². The topological polar surface area (TPSA) is 107 Å². The van der Waals surface area contributed by atoms with Crippen molar-refractivity contribution in [2.24, 2.45) is 0 Å². The van der Waals surface area contributed by atoms with Crippen LogP contribution < -0.4 is 9.47 Å². The van der Waals surface area contributed by atoms with Gasteiger partial charge in [0.1, 0.15) is 10.6 Å². The van der Waals surface area contributed by atoms with Gasteiger partial charge in [0.15, 0.2) is 5.75 Å². The normalized spacial score (nSPS) is 11.4. The minimum atomic E-state index is -4.49. The zero-order valence-corrected chi connectivity index (χ0v) is 35.0. The lowest BCUT2D eigenvalue weighted by Crippen LogP contribution is -2.20. The fraction of sp³-hybridized carbons (Fsp3) is 0. The summed E-state index contributed by atoms with van der Waals surface area (Å²) in [4.78, 5) is 26.6. The number of hydrogen-bond donors (Lipinski definition) is 1. The molecule has 0 aliphatic carbocycles. The quantitative estimate of drug-likeness (QED) is 0.0678. The second kappa shape index (κ2) is 13.6. The third-order valence-corrected chi connectivity index (χ3v) is 14.7. The van der Waals surface area contributed by atoms with Crippen molar-refractivity contribution in [1.82, 2.24) is 0 Å². The Hall–Kier alpha value is 2.08. The lowest BCUT2D eigenvalue weighted by atomic mass is 10.1. The maximum absolute atomic E-state index is 13.5. The average Bonchev–Trinajstić information content (AvgIpc) is 2.75. The summed E-state index contributed by atoms with van der Waals surface area (Å²) in [7, 11) is -4.49. The van der Waals surface area contributed by atoms with E-state index in [1.807, 2.05) is 12.1 Å². The number of ether oxygens (including phenoxy) is 2. The Balaban J connectivity index is 2.12. The first-order valence-electron chi connectivity index (χ1n) is 8.96. The van der Waals surface area contributed by atoms with Crippen molar-refractivity contribution < 1.29 is 32.0 Å². The van der Waals surface area contributed by atoms with Gasteiger partial charge >= 0.3 is 11.9 Å². The smallest absolute Gasteiger partial charge is 0.345 e. The van der Waals surface area contributed by atoms with Crippen LogP contribution in [0.25, 0.3) is 0 Å². The molecule has 196 valence electrons. The Morgan fingerprint density at radius 2 is 1.08 bits per heavy atom. The molecule has 3 aromatic rings. The Morgan fingerprint density at radius 1 is 0.676 bits per heavy atom. The molecule has 0 aromatic heterocycles. The van der Waals surface area contributed by atoms with E-state index in [1.54, 1.807) is 45.2 Å². The summed E-state index contributed by atoms with van der Waals surface area (Å²) in [6, 6.07) is 6.27. The molecule has 0 saturated carbocycles. The van der Waals surface area contributed by atoms with Gasteiger partial charge in [-0.2, -0.15) is 8.42 Å². The summed E-state index contributed by atoms with van der Waals surface area (Å²) in [5.41, 5.74) is -0.234. The number of rotatable bonds is 5. The van der Waals surface area contributed by atoms with Crippen molar-refractivity contribution in [3.63, 3.8) is 0 Å². The molecule has 0 heterocycles. The van der Waals surface area contributed by atoms with E-state index in [4.69, 9.17) is 9.47 Å². The number of benzene rings is 3. The van der Waals surface area contributed by atoms with Gasteiger partial charge in [0.25, 0.3) is 10.1 Å². The monoisotopic (exact) mass is 1340 g/mol. The minimum absolute atomic E-state index is 0.00862. The molecular formula is C20H5Br4I5O7S. The molecule has 3 aromatic carbocycles. The highest BCUT2D eigenvalue weighted by atomic mass is 127. The van der Waals surface area contributed by atoms with Crippen molar-refractivity contribution in [1.29, 1.82) is 0 Å². The zero-order valence-electron chi connectivity index (χ0n) is 17.0. The van der Waals surface area contributed by atoms with Gasteiger partial charge in [0.2, 0.25) is 0 Å². The minimum Gasteiger partial charge on any atom is -0.423 e. The molecule has 0 spiro atoms. The zero-order chi connectivity index (χ0) is 28.0. The highest BCUT2D eigenvalue weighted by Gasteiger charge is 2.32. The van der Waals surface area contributed by atoms with Gasteiger partial charge in [-0.1, -0.05) is 0 Å². The lowest BCUT2D eigenvalue weighted by molar-refractivity contribution is 0.0688. The van der Waals surface area contributed by atoms with Crippen molar-refractivity contribution >= 4 is 199 Å². The average molecular weight is 1340 g/mol. The SMILES string of the molecule is O=C(Oc1cc(I)c(S(=O)(=O)O)c(I)c1)c1c(Br)c(Br)c(Br)c(Br)c1C(=O)Oc1c(I)cc(I)cc1I. The Kier molecular flexibility index (Phi) is 12.3. The van der Waals surface area contributed by atoms with Crippen molar-refractivity contribution in [2.45, 2.75) is 4.90 Å². The van der Waals surface area contributed by atoms with Crippen LogP contribution >= 0.6 is 177 Å². The van der Waals surface area contributed by atoms with Gasteiger partial charge in [0, 0.05) is 28.6 Å². The molecule has 0 atom stereocenters. The Morgan fingerprint density at radius 3 is 1.49 bits per heavy atom. The number of carbonyl (C=O) groups excluding carboxylic acids is 2. The summed E-state index contributed by atoms with van der Waals surface area (Å²) in [5, 5.41) is 0. The molecule has 0 unspecified atom stereocenters. The summed E-state index contributed by atoms with van der Waals surface area (Å²) >= 11 is 23.3. The summed E-state index contributed by atoms with van der Waals surface area (Å²) in [5.74, 6) is -1.37. The van der Waals surface area contributed by atoms with Gasteiger partial charge < -0.3 is 9.47 Å². The van der Waals surface area contributed by atoms with Crippen LogP contribution in [-0.2, 0) is 10.1 Å². The lowest BCUT2D eigenvalue weighted by Gasteiger charge is -2.17. The Bertz CT molecular complexity index is 1550. The molecule has 37 heavy (non-hydrogen) atoms. The van der Waals surface area contributed by atoms with Crippen LogP contribution in [0.5, 0.6) is 11.5 Å². The van der Waals surface area contributed by atoms with Crippen LogP contribution in [0, 0.1) is 17.9 Å². The van der Waals surface area contributed by atoms with Crippen LogP contribution in [0.1, 0.15) is 20.7 Å². The first-order chi connectivity index (χ1) is 17.0. The molecule has 7 nitrogen and oxygen atoms in total. The standard InChI is InChI=1S/C20H5Br4I5O7S/c21-13-11(19(30)35-6-3-9(28)18(10(29)4-6)37(32,33)34)12(14(22)16(24)15(13)23)20(31)36-17-7(26)1-5(25)2-8(17)27/h1-4H,(H,32,33,34). The maximum atomic E-state index is 13.5. The van der Waals surface area contributed by atoms with Gasteiger partial charge in [-0.05, 0) is 201 Å². The highest BCUT2D eigenvalue weighted by molar-refractivity contribution is 14.1. The number of carbonyl (C=O) groups is 2. The van der Waals surface area contributed by atoms with Crippen LogP contribution in [0.15, 0.2) is 47.1 Å². The number of halogens is 9. The van der Waals surface area contributed by atoms with Gasteiger partial charge in [0.05, 0.1) is 18.3 Å². The van der Waals surface area contributed by atoms with E-state index in [0.717, 1.165) is 3.57 Å². The largest absolute Gasteiger partial charge is 0.423 e. The summed E-state index contributed by atoms with van der Waals surface area (Å²) < 4.78 is 48.2. The molecule has 0 saturated heterocycles. The second-order valence-electron chi connectivity index (χ2n) is 6.67. The van der Waals surface area contributed by atoms with Crippen LogP contribution in [0.2, 0.25) is 0 Å². The third kappa shape index (κ3) is 7.73. The highest BCUT2D eigenvalue weighted by Crippen LogP contribution is 2.43. The molecule has 0 aliphatic rings. The van der Waals surface area contributed by atoms with Crippen molar-refractivity contribution in [3.8, 4) is 11.5 Å². The number of esters is 2. The second-order valence-corrected chi connectivity index (χ2v) is 17.1. The first-order valence-corrected chi connectivity index (χ1v) is 19.0. The first kappa shape index (κ1) is 33.6. The molecule has 0 amide bonds. The van der Waals surface area contributed by atoms with Gasteiger partial charge in [-0.15, -0.1) is 0 Å². The number of hydrogen-bond acceptors (Lipinski definition) is 6. The van der Waals surface area contributed by atoms with E-state index in [-0.39, 0.29) is 37.9 Å². The third-order valence-electron chi connectivity index (χ3n) is 4.27. The van der Waals surface area contributed by atoms with Crippen LogP contribution in [0.3, 0.4) is 0 Å². The fourth-order valence-electron chi connectivity index (χ4n) is 2.79. The molecule has 0 aliphatic heterocycles. The molecule has 0 radical (unpaired) electrons. The molecule has 1 N–H and O–H groups in total. The molecular weight excluding hydrogens is 1340 g/mol. The van der Waals surface area contributed by atoms with Gasteiger partial charge in [-0.25, -0.2) is 9.59 Å². The molecule has 0 fully saturated rings.